The van der Waals surface area contributed by atoms with Crippen LogP contribution in [0.3, 0.4) is 0 Å². The summed E-state index contributed by atoms with van der Waals surface area (Å²) < 4.78 is 2.47. The van der Waals surface area contributed by atoms with Gasteiger partial charge in [0.2, 0.25) is 0 Å². The summed E-state index contributed by atoms with van der Waals surface area (Å²) in [6.07, 6.45) is 0. The average molecular weight is 231 g/mol. The largest absolute Gasteiger partial charge is 0.274 e. The van der Waals surface area contributed by atoms with Crippen molar-refractivity contribution < 1.29 is 0 Å². The van der Waals surface area contributed by atoms with E-state index in [2.05, 4.69) is 5.10 Å². The van der Waals surface area contributed by atoms with E-state index >= 15 is 0 Å². The number of aromatic amines is 1. The SMILES string of the molecule is Cc1cc(=O)n2c(C)cc(=O)n3[nH]c(=O)c1c32. The van der Waals surface area contributed by atoms with Crippen molar-refractivity contribution in [3.63, 3.8) is 0 Å². The highest BCUT2D eigenvalue weighted by atomic mass is 16.2. The van der Waals surface area contributed by atoms with Crippen molar-refractivity contribution in [1.82, 2.24) is 14.0 Å². The Balaban J connectivity index is 2.93. The lowest BCUT2D eigenvalue weighted by Gasteiger charge is -2.05. The molecule has 6 heteroatoms. The van der Waals surface area contributed by atoms with E-state index in [1.165, 1.54) is 16.5 Å². The summed E-state index contributed by atoms with van der Waals surface area (Å²) in [5.74, 6) is 0. The van der Waals surface area contributed by atoms with Crippen LogP contribution < -0.4 is 16.7 Å². The van der Waals surface area contributed by atoms with Gasteiger partial charge in [-0.25, -0.2) is 0 Å². The normalized spacial score (nSPS) is 11.6. The van der Waals surface area contributed by atoms with Crippen LogP contribution in [0, 0.1) is 13.8 Å². The highest BCUT2D eigenvalue weighted by Gasteiger charge is 2.15. The number of H-pyrrole nitrogens is 1. The molecule has 0 fully saturated rings. The lowest BCUT2D eigenvalue weighted by atomic mass is 10.2. The predicted molar refractivity (Wildman–Crippen MR) is 62.2 cm³/mol. The Bertz CT molecular complexity index is 914. The Kier molecular flexibility index (Phi) is 1.65. The van der Waals surface area contributed by atoms with Gasteiger partial charge in [-0.3, -0.25) is 23.9 Å². The number of aryl methyl sites for hydroxylation is 2. The molecule has 3 aromatic rings. The zero-order chi connectivity index (χ0) is 12.3. The van der Waals surface area contributed by atoms with Crippen molar-refractivity contribution in [3.05, 3.63) is 54.5 Å². The van der Waals surface area contributed by atoms with Gasteiger partial charge < -0.3 is 0 Å². The van der Waals surface area contributed by atoms with Crippen molar-refractivity contribution in [2.24, 2.45) is 0 Å². The van der Waals surface area contributed by atoms with Crippen LogP contribution in [0.15, 0.2) is 26.5 Å². The number of nitrogens with one attached hydrogen (secondary N) is 1. The molecule has 3 rings (SSSR count). The van der Waals surface area contributed by atoms with Gasteiger partial charge in [0.1, 0.15) is 0 Å². The molecule has 0 atom stereocenters. The first-order chi connectivity index (χ1) is 8.00. The third-order valence-corrected chi connectivity index (χ3v) is 2.95. The fourth-order valence-electron chi connectivity index (χ4n) is 2.23. The molecule has 0 spiro atoms. The number of hydrogen-bond donors (Lipinski definition) is 1. The van der Waals surface area contributed by atoms with E-state index in [-0.39, 0.29) is 16.7 Å². The van der Waals surface area contributed by atoms with E-state index in [0.29, 0.717) is 22.3 Å². The minimum absolute atomic E-state index is 0.246. The Morgan fingerprint density at radius 2 is 1.76 bits per heavy atom. The highest BCUT2D eigenvalue weighted by Crippen LogP contribution is 2.11. The summed E-state index contributed by atoms with van der Waals surface area (Å²) in [4.78, 5) is 35.4. The van der Waals surface area contributed by atoms with Crippen molar-refractivity contribution >= 4 is 11.0 Å². The fourth-order valence-corrected chi connectivity index (χ4v) is 2.23. The molecule has 1 N–H and O–H groups in total. The molecule has 0 aliphatic heterocycles. The van der Waals surface area contributed by atoms with Crippen LogP contribution in [-0.2, 0) is 0 Å². The summed E-state index contributed by atoms with van der Waals surface area (Å²) in [6, 6.07) is 2.72. The predicted octanol–water partition coefficient (Wildman–Crippen LogP) is -0.345. The molecule has 0 aliphatic rings. The molecule has 17 heavy (non-hydrogen) atoms. The maximum absolute atomic E-state index is 11.9. The molecule has 0 saturated carbocycles. The Labute approximate surface area is 94.1 Å². The van der Waals surface area contributed by atoms with Crippen LogP contribution in [0.5, 0.6) is 0 Å². The molecule has 0 radical (unpaired) electrons. The Morgan fingerprint density at radius 3 is 2.47 bits per heavy atom. The average Bonchev–Trinajstić information content (AvgIpc) is 2.55. The number of nitrogens with zero attached hydrogens (tertiary/aromatic N) is 2. The number of pyridine rings is 1. The Morgan fingerprint density at radius 1 is 1.06 bits per heavy atom. The second kappa shape index (κ2) is 2.85. The summed E-state index contributed by atoms with van der Waals surface area (Å²) >= 11 is 0. The van der Waals surface area contributed by atoms with E-state index < -0.39 is 0 Å². The first-order valence-electron chi connectivity index (χ1n) is 5.11. The molecule has 0 aromatic carbocycles. The van der Waals surface area contributed by atoms with Gasteiger partial charge in [0.25, 0.3) is 16.7 Å². The molecular formula is C11H9N3O3. The van der Waals surface area contributed by atoms with Gasteiger partial charge in [0.15, 0.2) is 5.65 Å². The lowest BCUT2D eigenvalue weighted by molar-refractivity contribution is 0.843. The van der Waals surface area contributed by atoms with Crippen LogP contribution in [0.2, 0.25) is 0 Å². The first-order valence-corrected chi connectivity index (χ1v) is 5.11. The zero-order valence-corrected chi connectivity index (χ0v) is 9.27. The summed E-state index contributed by atoms with van der Waals surface area (Å²) in [6.45, 7) is 3.34. The van der Waals surface area contributed by atoms with Gasteiger partial charge in [0.05, 0.1) is 5.39 Å². The van der Waals surface area contributed by atoms with Gasteiger partial charge in [-0.2, -0.15) is 4.52 Å². The molecule has 0 amide bonds. The summed E-state index contributed by atoms with van der Waals surface area (Å²) in [5, 5.41) is 2.82. The minimum atomic E-state index is -0.359. The molecule has 6 nitrogen and oxygen atoms in total. The minimum Gasteiger partial charge on any atom is -0.269 e. The Hall–Kier alpha value is -2.37. The number of aromatic nitrogens is 3. The van der Waals surface area contributed by atoms with E-state index in [1.54, 1.807) is 13.8 Å². The maximum Gasteiger partial charge on any atom is 0.274 e. The summed E-state index contributed by atoms with van der Waals surface area (Å²) in [5.41, 5.74) is 0.462. The quantitative estimate of drug-likeness (QED) is 0.575. The number of rotatable bonds is 0. The number of hydrogen-bond acceptors (Lipinski definition) is 3. The maximum atomic E-state index is 11.9. The van der Waals surface area contributed by atoms with Crippen LogP contribution >= 0.6 is 0 Å². The monoisotopic (exact) mass is 231 g/mol. The van der Waals surface area contributed by atoms with Gasteiger partial charge in [-0.1, -0.05) is 0 Å². The molecule has 0 unspecified atom stereocenters. The summed E-state index contributed by atoms with van der Waals surface area (Å²) in [7, 11) is 0. The third kappa shape index (κ3) is 1.06. The van der Waals surface area contributed by atoms with Gasteiger partial charge >= 0.3 is 0 Å². The highest BCUT2D eigenvalue weighted by molar-refractivity contribution is 5.79. The molecule has 3 heterocycles. The van der Waals surface area contributed by atoms with Crippen LogP contribution in [0.4, 0.5) is 0 Å². The topological polar surface area (TPSA) is 75.8 Å². The standard InChI is InChI=1S/C11H9N3O3/c1-5-3-7(15)13-6(2)4-8(16)14-11(13)9(5)10(17)12-14/h3-4H,1-2H3,(H,12,17). The molecule has 86 valence electrons. The van der Waals surface area contributed by atoms with Crippen molar-refractivity contribution in [1.29, 1.82) is 0 Å². The van der Waals surface area contributed by atoms with Gasteiger partial charge in [-0.05, 0) is 19.4 Å². The fraction of sp³-hybridized carbons (Fsp3) is 0.182. The van der Waals surface area contributed by atoms with Gasteiger partial charge in [-0.15, -0.1) is 0 Å². The molecule has 0 saturated heterocycles. The van der Waals surface area contributed by atoms with E-state index in [9.17, 15) is 14.4 Å². The zero-order valence-electron chi connectivity index (χ0n) is 9.27. The van der Waals surface area contributed by atoms with Crippen molar-refractivity contribution in [3.8, 4) is 0 Å². The van der Waals surface area contributed by atoms with E-state index in [1.807, 2.05) is 0 Å². The van der Waals surface area contributed by atoms with Crippen molar-refractivity contribution in [2.45, 2.75) is 13.8 Å². The van der Waals surface area contributed by atoms with E-state index in [0.717, 1.165) is 4.52 Å². The lowest BCUT2D eigenvalue weighted by Crippen LogP contribution is -2.23. The molecular weight excluding hydrogens is 222 g/mol. The molecule has 3 aromatic heterocycles. The second-order valence-electron chi connectivity index (χ2n) is 4.10. The molecule has 0 bridgehead atoms. The van der Waals surface area contributed by atoms with Crippen LogP contribution in [-0.4, -0.2) is 14.0 Å². The van der Waals surface area contributed by atoms with Crippen molar-refractivity contribution in [2.75, 3.05) is 0 Å². The second-order valence-corrected chi connectivity index (χ2v) is 4.10. The van der Waals surface area contributed by atoms with Gasteiger partial charge in [0, 0.05) is 17.8 Å². The third-order valence-electron chi connectivity index (χ3n) is 2.95. The van der Waals surface area contributed by atoms with Crippen LogP contribution in [0.25, 0.3) is 11.0 Å². The molecule has 0 aliphatic carbocycles. The first kappa shape index (κ1) is 9.83. The van der Waals surface area contributed by atoms with Crippen LogP contribution in [0.1, 0.15) is 11.3 Å². The smallest absolute Gasteiger partial charge is 0.269 e. The van der Waals surface area contributed by atoms with E-state index in [4.69, 9.17) is 0 Å².